The normalized spacial score (nSPS) is 17.2. The molecule has 0 unspecified atom stereocenters. The van der Waals surface area contributed by atoms with Crippen LogP contribution in [0, 0.1) is 13.8 Å². The Morgan fingerprint density at radius 1 is 1.33 bits per heavy atom. The Hall–Kier alpha value is -0.390. The summed E-state index contributed by atoms with van der Waals surface area (Å²) >= 11 is 5.07. The molecule has 0 bridgehead atoms. The Labute approximate surface area is 121 Å². The van der Waals surface area contributed by atoms with Gasteiger partial charge in [0.1, 0.15) is 0 Å². The van der Waals surface area contributed by atoms with E-state index in [9.17, 15) is 4.79 Å². The number of rotatable bonds is 3. The van der Waals surface area contributed by atoms with Gasteiger partial charge in [-0.05, 0) is 25.5 Å². The smallest absolute Gasteiger partial charge is 0.264 e. The molecule has 0 spiro atoms. The summed E-state index contributed by atoms with van der Waals surface area (Å²) in [6, 6.07) is 2.02. The average molecular weight is 331 g/mol. The molecule has 1 aliphatic rings. The van der Waals surface area contributed by atoms with E-state index in [1.165, 1.54) is 10.4 Å². The van der Waals surface area contributed by atoms with Crippen LogP contribution < -0.4 is 0 Å². The maximum atomic E-state index is 12.3. The molecular formula is C13H19BrN2OS. The van der Waals surface area contributed by atoms with Crippen molar-refractivity contribution in [2.75, 3.05) is 38.1 Å². The van der Waals surface area contributed by atoms with E-state index >= 15 is 0 Å². The quantitative estimate of drug-likeness (QED) is 0.795. The van der Waals surface area contributed by atoms with Crippen molar-refractivity contribution in [1.82, 2.24) is 9.80 Å². The molecule has 0 aliphatic carbocycles. The van der Waals surface area contributed by atoms with E-state index < -0.39 is 0 Å². The molecule has 0 N–H and O–H groups in total. The first-order chi connectivity index (χ1) is 8.61. The highest BCUT2D eigenvalue weighted by atomic mass is 79.9. The fourth-order valence-corrected chi connectivity index (χ4v) is 3.63. The van der Waals surface area contributed by atoms with E-state index in [1.807, 2.05) is 11.0 Å². The van der Waals surface area contributed by atoms with Crippen LogP contribution in [0.5, 0.6) is 0 Å². The summed E-state index contributed by atoms with van der Waals surface area (Å²) in [7, 11) is 0. The van der Waals surface area contributed by atoms with Crippen molar-refractivity contribution in [1.29, 1.82) is 0 Å². The lowest BCUT2D eigenvalue weighted by Gasteiger charge is -2.34. The van der Waals surface area contributed by atoms with Crippen LogP contribution in [0.15, 0.2) is 6.07 Å². The van der Waals surface area contributed by atoms with Crippen LogP contribution in [-0.2, 0) is 0 Å². The van der Waals surface area contributed by atoms with Gasteiger partial charge in [-0.2, -0.15) is 0 Å². The number of halogens is 1. The lowest BCUT2D eigenvalue weighted by atomic mass is 10.2. The standard InChI is InChI=1S/C13H19BrN2OS/c1-10-9-12(18-11(10)2)13(17)16-7-5-15(4-3-14)6-8-16/h9H,3-8H2,1-2H3. The first-order valence-electron chi connectivity index (χ1n) is 6.26. The third kappa shape index (κ3) is 3.13. The topological polar surface area (TPSA) is 23.6 Å². The first-order valence-corrected chi connectivity index (χ1v) is 8.20. The Kier molecular flexibility index (Phi) is 4.81. The third-order valence-corrected chi connectivity index (χ3v) is 4.93. The molecule has 0 aromatic carbocycles. The van der Waals surface area contributed by atoms with Crippen molar-refractivity contribution < 1.29 is 4.79 Å². The first kappa shape index (κ1) is 14.0. The van der Waals surface area contributed by atoms with Gasteiger partial charge in [0.25, 0.3) is 5.91 Å². The van der Waals surface area contributed by atoms with Gasteiger partial charge in [-0.25, -0.2) is 0 Å². The van der Waals surface area contributed by atoms with Gasteiger partial charge in [-0.3, -0.25) is 9.69 Å². The minimum atomic E-state index is 0.203. The van der Waals surface area contributed by atoms with Gasteiger partial charge in [0, 0.05) is 42.9 Å². The van der Waals surface area contributed by atoms with Gasteiger partial charge in [0.05, 0.1) is 4.88 Å². The van der Waals surface area contributed by atoms with Crippen LogP contribution in [0.4, 0.5) is 0 Å². The zero-order chi connectivity index (χ0) is 13.1. The van der Waals surface area contributed by atoms with E-state index in [4.69, 9.17) is 0 Å². The molecule has 1 saturated heterocycles. The number of alkyl halides is 1. The van der Waals surface area contributed by atoms with Crippen molar-refractivity contribution in [3.05, 3.63) is 21.4 Å². The number of carbonyl (C=O) groups excluding carboxylic acids is 1. The molecule has 0 saturated carbocycles. The van der Waals surface area contributed by atoms with Gasteiger partial charge in [-0.15, -0.1) is 11.3 Å². The highest BCUT2D eigenvalue weighted by Gasteiger charge is 2.23. The van der Waals surface area contributed by atoms with Crippen LogP contribution >= 0.6 is 27.3 Å². The summed E-state index contributed by atoms with van der Waals surface area (Å²) in [6.07, 6.45) is 0. The number of nitrogens with zero attached hydrogens (tertiary/aromatic N) is 2. The molecule has 100 valence electrons. The monoisotopic (exact) mass is 330 g/mol. The molecule has 1 aromatic heterocycles. The molecular weight excluding hydrogens is 312 g/mol. The summed E-state index contributed by atoms with van der Waals surface area (Å²) in [6.45, 7) is 8.88. The van der Waals surface area contributed by atoms with Crippen LogP contribution in [0.3, 0.4) is 0 Å². The van der Waals surface area contributed by atoms with E-state index in [0.29, 0.717) is 0 Å². The van der Waals surface area contributed by atoms with Gasteiger partial charge in [0.15, 0.2) is 0 Å². The molecule has 1 aromatic rings. The third-order valence-electron chi connectivity index (χ3n) is 3.44. The van der Waals surface area contributed by atoms with Gasteiger partial charge >= 0.3 is 0 Å². The van der Waals surface area contributed by atoms with Gasteiger partial charge < -0.3 is 4.90 Å². The molecule has 5 heteroatoms. The van der Waals surface area contributed by atoms with Gasteiger partial charge in [-0.1, -0.05) is 15.9 Å². The Balaban J connectivity index is 1.95. The van der Waals surface area contributed by atoms with Crippen molar-refractivity contribution in [3.63, 3.8) is 0 Å². The summed E-state index contributed by atoms with van der Waals surface area (Å²) in [4.78, 5) is 18.8. The highest BCUT2D eigenvalue weighted by molar-refractivity contribution is 9.09. The predicted octanol–water partition coefficient (Wildman–Crippen LogP) is 2.52. The number of amides is 1. The summed E-state index contributed by atoms with van der Waals surface area (Å²) < 4.78 is 0. The zero-order valence-corrected chi connectivity index (χ0v) is 13.3. The van der Waals surface area contributed by atoms with Crippen LogP contribution in [0.1, 0.15) is 20.1 Å². The molecule has 3 nitrogen and oxygen atoms in total. The Morgan fingerprint density at radius 3 is 2.50 bits per heavy atom. The summed E-state index contributed by atoms with van der Waals surface area (Å²) in [5.74, 6) is 0.203. The van der Waals surface area contributed by atoms with Crippen molar-refractivity contribution >= 4 is 33.2 Å². The molecule has 0 atom stereocenters. The number of hydrogen-bond acceptors (Lipinski definition) is 3. The van der Waals surface area contributed by atoms with Crippen molar-refractivity contribution in [3.8, 4) is 0 Å². The van der Waals surface area contributed by atoms with Gasteiger partial charge in [0.2, 0.25) is 0 Å². The van der Waals surface area contributed by atoms with Crippen molar-refractivity contribution in [2.24, 2.45) is 0 Å². The molecule has 1 aliphatic heterocycles. The Bertz CT molecular complexity index is 405. The maximum absolute atomic E-state index is 12.3. The predicted molar refractivity (Wildman–Crippen MR) is 79.9 cm³/mol. The second kappa shape index (κ2) is 6.17. The second-order valence-corrected chi connectivity index (χ2v) is 6.72. The summed E-state index contributed by atoms with van der Waals surface area (Å²) in [5.41, 5.74) is 1.22. The maximum Gasteiger partial charge on any atom is 0.264 e. The number of piperazine rings is 1. The molecule has 18 heavy (non-hydrogen) atoms. The minimum absolute atomic E-state index is 0.203. The average Bonchev–Trinajstić information content (AvgIpc) is 2.70. The highest BCUT2D eigenvalue weighted by Crippen LogP contribution is 2.22. The van der Waals surface area contributed by atoms with E-state index in [-0.39, 0.29) is 5.91 Å². The SMILES string of the molecule is Cc1cc(C(=O)N2CCN(CCBr)CC2)sc1C. The molecule has 2 heterocycles. The fourth-order valence-electron chi connectivity index (χ4n) is 2.13. The van der Waals surface area contributed by atoms with E-state index in [0.717, 1.165) is 42.9 Å². The summed E-state index contributed by atoms with van der Waals surface area (Å²) in [5, 5.41) is 1.00. The van der Waals surface area contributed by atoms with Crippen LogP contribution in [-0.4, -0.2) is 53.8 Å². The largest absolute Gasteiger partial charge is 0.335 e. The van der Waals surface area contributed by atoms with Crippen molar-refractivity contribution in [2.45, 2.75) is 13.8 Å². The fraction of sp³-hybridized carbons (Fsp3) is 0.615. The minimum Gasteiger partial charge on any atom is -0.335 e. The Morgan fingerprint density at radius 2 is 2.00 bits per heavy atom. The van der Waals surface area contributed by atoms with E-state index in [2.05, 4.69) is 34.7 Å². The number of thiophene rings is 1. The number of aryl methyl sites for hydroxylation is 2. The van der Waals surface area contributed by atoms with E-state index in [1.54, 1.807) is 11.3 Å². The van der Waals surface area contributed by atoms with Crippen LogP contribution in [0.25, 0.3) is 0 Å². The lowest BCUT2D eigenvalue weighted by Crippen LogP contribution is -2.48. The molecule has 0 radical (unpaired) electrons. The molecule has 1 amide bonds. The zero-order valence-electron chi connectivity index (χ0n) is 10.9. The molecule has 2 rings (SSSR count). The lowest BCUT2D eigenvalue weighted by molar-refractivity contribution is 0.0649. The van der Waals surface area contributed by atoms with Crippen LogP contribution in [0.2, 0.25) is 0 Å². The second-order valence-electron chi connectivity index (χ2n) is 4.67. The number of carbonyl (C=O) groups is 1. The number of hydrogen-bond donors (Lipinski definition) is 0. The molecule has 1 fully saturated rings.